The largest absolute Gasteiger partial charge is 0.371 e. The fourth-order valence-corrected chi connectivity index (χ4v) is 2.91. The van der Waals surface area contributed by atoms with E-state index in [1.54, 1.807) is 11.8 Å². The van der Waals surface area contributed by atoms with E-state index in [1.165, 1.54) is 0 Å². The standard InChI is InChI=1S/C18H27N3O2/c1-13(2)20(4)18(23)16-7-5-6-8-17(16)21-11-9-15(10-12-21)19-14(3)22/h5-8,13,15H,9-12H2,1-4H3,(H,19,22). The maximum absolute atomic E-state index is 12.7. The summed E-state index contributed by atoms with van der Waals surface area (Å²) in [7, 11) is 1.84. The molecular weight excluding hydrogens is 290 g/mol. The zero-order valence-electron chi connectivity index (χ0n) is 14.5. The van der Waals surface area contributed by atoms with Crippen molar-refractivity contribution in [1.82, 2.24) is 10.2 Å². The van der Waals surface area contributed by atoms with E-state index in [4.69, 9.17) is 0 Å². The molecule has 0 radical (unpaired) electrons. The zero-order chi connectivity index (χ0) is 17.0. The highest BCUT2D eigenvalue weighted by molar-refractivity contribution is 5.99. The van der Waals surface area contributed by atoms with Crippen LogP contribution in [0.15, 0.2) is 24.3 Å². The molecule has 1 saturated heterocycles. The lowest BCUT2D eigenvalue weighted by molar-refractivity contribution is -0.119. The quantitative estimate of drug-likeness (QED) is 0.927. The maximum Gasteiger partial charge on any atom is 0.255 e. The van der Waals surface area contributed by atoms with Gasteiger partial charge in [0, 0.05) is 44.8 Å². The summed E-state index contributed by atoms with van der Waals surface area (Å²) < 4.78 is 0. The van der Waals surface area contributed by atoms with E-state index < -0.39 is 0 Å². The second-order valence-electron chi connectivity index (χ2n) is 6.49. The molecule has 1 aliphatic rings. The molecule has 1 N–H and O–H groups in total. The van der Waals surface area contributed by atoms with Crippen molar-refractivity contribution in [2.75, 3.05) is 25.0 Å². The minimum atomic E-state index is 0.0255. The Bertz CT molecular complexity index is 563. The number of anilines is 1. The van der Waals surface area contributed by atoms with Crippen LogP contribution in [0, 0.1) is 0 Å². The van der Waals surface area contributed by atoms with Crippen LogP contribution in [-0.4, -0.2) is 48.9 Å². The van der Waals surface area contributed by atoms with Crippen LogP contribution in [0.4, 0.5) is 5.69 Å². The van der Waals surface area contributed by atoms with E-state index in [1.807, 2.05) is 45.2 Å². The first-order chi connectivity index (χ1) is 10.9. The molecule has 0 aliphatic carbocycles. The van der Waals surface area contributed by atoms with E-state index in [0.29, 0.717) is 0 Å². The molecule has 1 aliphatic heterocycles. The Morgan fingerprint density at radius 3 is 2.39 bits per heavy atom. The normalized spacial score (nSPS) is 15.6. The predicted octanol–water partition coefficient (Wildman–Crippen LogP) is 2.27. The van der Waals surface area contributed by atoms with Crippen molar-refractivity contribution in [2.45, 2.75) is 45.7 Å². The van der Waals surface area contributed by atoms with Crippen molar-refractivity contribution in [1.29, 1.82) is 0 Å². The third-order valence-corrected chi connectivity index (χ3v) is 4.47. The van der Waals surface area contributed by atoms with Gasteiger partial charge in [0.1, 0.15) is 0 Å². The molecule has 126 valence electrons. The molecule has 0 atom stereocenters. The van der Waals surface area contributed by atoms with Gasteiger partial charge in [-0.15, -0.1) is 0 Å². The van der Waals surface area contributed by atoms with E-state index in [-0.39, 0.29) is 23.9 Å². The zero-order valence-corrected chi connectivity index (χ0v) is 14.5. The molecule has 0 aromatic heterocycles. The molecule has 5 heteroatoms. The summed E-state index contributed by atoms with van der Waals surface area (Å²) in [6.07, 6.45) is 1.81. The van der Waals surface area contributed by atoms with Gasteiger partial charge in [0.15, 0.2) is 0 Å². The van der Waals surface area contributed by atoms with E-state index in [2.05, 4.69) is 10.2 Å². The molecule has 1 heterocycles. The van der Waals surface area contributed by atoms with Gasteiger partial charge in [-0.25, -0.2) is 0 Å². The summed E-state index contributed by atoms with van der Waals surface area (Å²) in [4.78, 5) is 27.9. The minimum absolute atomic E-state index is 0.0255. The van der Waals surface area contributed by atoms with Gasteiger partial charge in [-0.2, -0.15) is 0 Å². The Hall–Kier alpha value is -2.04. The number of nitrogens with one attached hydrogen (secondary N) is 1. The molecule has 5 nitrogen and oxygen atoms in total. The predicted molar refractivity (Wildman–Crippen MR) is 92.7 cm³/mol. The SMILES string of the molecule is CC(=O)NC1CCN(c2ccccc2C(=O)N(C)C(C)C)CC1. The Morgan fingerprint density at radius 1 is 1.22 bits per heavy atom. The number of hydrogen-bond acceptors (Lipinski definition) is 3. The number of carbonyl (C=O) groups is 2. The van der Waals surface area contributed by atoms with Crippen LogP contribution < -0.4 is 10.2 Å². The lowest BCUT2D eigenvalue weighted by Crippen LogP contribution is -2.44. The van der Waals surface area contributed by atoms with Crippen molar-refractivity contribution >= 4 is 17.5 Å². The molecule has 0 bridgehead atoms. The molecule has 0 spiro atoms. The Morgan fingerprint density at radius 2 is 1.83 bits per heavy atom. The number of benzene rings is 1. The number of piperidine rings is 1. The van der Waals surface area contributed by atoms with Gasteiger partial charge in [-0.3, -0.25) is 9.59 Å². The minimum Gasteiger partial charge on any atom is -0.371 e. The Labute approximate surface area is 138 Å². The average molecular weight is 317 g/mol. The molecule has 23 heavy (non-hydrogen) atoms. The van der Waals surface area contributed by atoms with Gasteiger partial charge in [0.25, 0.3) is 5.91 Å². The fraction of sp³-hybridized carbons (Fsp3) is 0.556. The number of rotatable bonds is 4. The summed E-state index contributed by atoms with van der Waals surface area (Å²) in [5, 5.41) is 2.98. The Balaban J connectivity index is 2.12. The first-order valence-corrected chi connectivity index (χ1v) is 8.28. The summed E-state index contributed by atoms with van der Waals surface area (Å²) in [5.41, 5.74) is 1.74. The van der Waals surface area contributed by atoms with E-state index in [0.717, 1.165) is 37.2 Å². The van der Waals surface area contributed by atoms with Crippen molar-refractivity contribution in [3.8, 4) is 0 Å². The molecule has 2 amide bonds. The smallest absolute Gasteiger partial charge is 0.255 e. The highest BCUT2D eigenvalue weighted by atomic mass is 16.2. The number of carbonyl (C=O) groups excluding carboxylic acids is 2. The monoisotopic (exact) mass is 317 g/mol. The van der Waals surface area contributed by atoms with Crippen LogP contribution in [0.1, 0.15) is 44.0 Å². The van der Waals surface area contributed by atoms with Crippen LogP contribution in [0.3, 0.4) is 0 Å². The van der Waals surface area contributed by atoms with Crippen LogP contribution in [0.25, 0.3) is 0 Å². The van der Waals surface area contributed by atoms with Crippen LogP contribution in [0.2, 0.25) is 0 Å². The first-order valence-electron chi connectivity index (χ1n) is 8.28. The van der Waals surface area contributed by atoms with Crippen LogP contribution >= 0.6 is 0 Å². The van der Waals surface area contributed by atoms with Gasteiger partial charge in [0.05, 0.1) is 5.56 Å². The highest BCUT2D eigenvalue weighted by Gasteiger charge is 2.24. The molecule has 1 fully saturated rings. The van der Waals surface area contributed by atoms with E-state index >= 15 is 0 Å². The lowest BCUT2D eigenvalue weighted by Gasteiger charge is -2.35. The maximum atomic E-state index is 12.7. The topological polar surface area (TPSA) is 52.7 Å². The molecule has 1 aromatic carbocycles. The van der Waals surface area contributed by atoms with Crippen molar-refractivity contribution < 1.29 is 9.59 Å². The summed E-state index contributed by atoms with van der Waals surface area (Å²) in [6, 6.07) is 8.21. The first kappa shape index (κ1) is 17.3. The molecule has 2 rings (SSSR count). The van der Waals surface area contributed by atoms with Gasteiger partial charge in [0.2, 0.25) is 5.91 Å². The van der Waals surface area contributed by atoms with Crippen LogP contribution in [0.5, 0.6) is 0 Å². The van der Waals surface area contributed by atoms with Gasteiger partial charge >= 0.3 is 0 Å². The molecular formula is C18H27N3O2. The molecule has 0 unspecified atom stereocenters. The van der Waals surface area contributed by atoms with Gasteiger partial charge in [-0.1, -0.05) is 12.1 Å². The number of nitrogens with zero attached hydrogens (tertiary/aromatic N) is 2. The number of hydrogen-bond donors (Lipinski definition) is 1. The van der Waals surface area contributed by atoms with E-state index in [9.17, 15) is 9.59 Å². The lowest BCUT2D eigenvalue weighted by atomic mass is 10.0. The summed E-state index contributed by atoms with van der Waals surface area (Å²) >= 11 is 0. The highest BCUT2D eigenvalue weighted by Crippen LogP contribution is 2.25. The third-order valence-electron chi connectivity index (χ3n) is 4.47. The fourth-order valence-electron chi connectivity index (χ4n) is 2.91. The average Bonchev–Trinajstić information content (AvgIpc) is 2.53. The number of amides is 2. The van der Waals surface area contributed by atoms with Crippen molar-refractivity contribution in [3.05, 3.63) is 29.8 Å². The summed E-state index contributed by atoms with van der Waals surface area (Å²) in [5.74, 6) is 0.0807. The molecule has 0 saturated carbocycles. The second-order valence-corrected chi connectivity index (χ2v) is 6.49. The van der Waals surface area contributed by atoms with Crippen LogP contribution in [-0.2, 0) is 4.79 Å². The summed E-state index contributed by atoms with van der Waals surface area (Å²) in [6.45, 7) is 7.28. The molecule has 1 aromatic rings. The third kappa shape index (κ3) is 4.24. The Kier molecular flexibility index (Phi) is 5.64. The van der Waals surface area contributed by atoms with Gasteiger partial charge < -0.3 is 15.1 Å². The van der Waals surface area contributed by atoms with Crippen molar-refractivity contribution in [3.63, 3.8) is 0 Å². The van der Waals surface area contributed by atoms with Crippen molar-refractivity contribution in [2.24, 2.45) is 0 Å². The van der Waals surface area contributed by atoms with Gasteiger partial charge in [-0.05, 0) is 38.8 Å². The number of para-hydroxylation sites is 1. The second kappa shape index (κ2) is 7.49.